The molecule has 3 unspecified atom stereocenters. The second-order valence-corrected chi connectivity index (χ2v) is 7.40. The third-order valence-corrected chi connectivity index (χ3v) is 5.57. The molecule has 1 aromatic rings. The van der Waals surface area contributed by atoms with Gasteiger partial charge in [-0.25, -0.2) is 0 Å². The Labute approximate surface area is 113 Å². The minimum Gasteiger partial charge on any atom is -0.481 e. The van der Waals surface area contributed by atoms with E-state index in [1.165, 1.54) is 11.3 Å². The summed E-state index contributed by atoms with van der Waals surface area (Å²) in [6.07, 6.45) is 3.06. The molecule has 2 aliphatic rings. The second-order valence-electron chi connectivity index (χ2n) is 4.86. The maximum atomic E-state index is 11.2. The maximum Gasteiger partial charge on any atom is 0.308 e. The number of thiophene rings is 1. The van der Waals surface area contributed by atoms with Crippen molar-refractivity contribution >= 4 is 33.2 Å². The van der Waals surface area contributed by atoms with E-state index >= 15 is 0 Å². The number of carbonyl (C=O) groups is 1. The largest absolute Gasteiger partial charge is 0.481 e. The van der Waals surface area contributed by atoms with Crippen LogP contribution in [-0.4, -0.2) is 28.1 Å². The van der Waals surface area contributed by atoms with Crippen molar-refractivity contribution in [3.8, 4) is 0 Å². The van der Waals surface area contributed by atoms with Crippen LogP contribution in [-0.2, 0) is 11.3 Å². The molecule has 0 saturated carbocycles. The van der Waals surface area contributed by atoms with E-state index in [0.29, 0.717) is 6.04 Å². The van der Waals surface area contributed by atoms with Crippen LogP contribution >= 0.6 is 27.3 Å². The van der Waals surface area contributed by atoms with E-state index in [-0.39, 0.29) is 12.0 Å². The smallest absolute Gasteiger partial charge is 0.308 e. The van der Waals surface area contributed by atoms with Gasteiger partial charge in [0.2, 0.25) is 0 Å². The fraction of sp³-hybridized carbons (Fsp3) is 0.583. The third kappa shape index (κ3) is 2.04. The van der Waals surface area contributed by atoms with Crippen LogP contribution in [0.25, 0.3) is 0 Å². The molecule has 92 valence electrons. The maximum absolute atomic E-state index is 11.2. The fourth-order valence-electron chi connectivity index (χ4n) is 3.23. The standard InChI is InChI=1S/C12H14BrNO2S/c13-11-4-2-8(17-11)6-14-7-1-3-10(14)9(5-7)12(15)16/h2,4,7,9-10H,1,3,5-6H2,(H,15,16). The van der Waals surface area contributed by atoms with Crippen molar-refractivity contribution in [3.05, 3.63) is 20.8 Å². The van der Waals surface area contributed by atoms with E-state index < -0.39 is 5.97 Å². The van der Waals surface area contributed by atoms with Crippen LogP contribution in [0.15, 0.2) is 15.9 Å². The minimum atomic E-state index is -0.616. The van der Waals surface area contributed by atoms with Gasteiger partial charge < -0.3 is 5.11 Å². The Balaban J connectivity index is 1.75. The quantitative estimate of drug-likeness (QED) is 0.932. The van der Waals surface area contributed by atoms with Crippen molar-refractivity contribution in [2.45, 2.75) is 37.9 Å². The van der Waals surface area contributed by atoms with Crippen molar-refractivity contribution in [2.75, 3.05) is 0 Å². The summed E-state index contributed by atoms with van der Waals surface area (Å²) in [6.45, 7) is 0.912. The summed E-state index contributed by atoms with van der Waals surface area (Å²) in [7, 11) is 0. The summed E-state index contributed by atoms with van der Waals surface area (Å²) in [6, 6.07) is 4.94. The first-order valence-corrected chi connectivity index (χ1v) is 7.49. The van der Waals surface area contributed by atoms with Crippen LogP contribution in [0.3, 0.4) is 0 Å². The molecule has 17 heavy (non-hydrogen) atoms. The van der Waals surface area contributed by atoms with Crippen LogP contribution in [0.1, 0.15) is 24.1 Å². The SMILES string of the molecule is O=C(O)C1CC2CCC1N2Cc1ccc(Br)s1. The number of hydrogen-bond donors (Lipinski definition) is 1. The number of rotatable bonds is 3. The zero-order chi connectivity index (χ0) is 12.0. The summed E-state index contributed by atoms with van der Waals surface area (Å²) in [5, 5.41) is 9.19. The molecular formula is C12H14BrNO2S. The number of carboxylic acids is 1. The third-order valence-electron chi connectivity index (χ3n) is 3.97. The summed E-state index contributed by atoms with van der Waals surface area (Å²) in [4.78, 5) is 14.9. The average Bonchev–Trinajstić information content (AvgIpc) is 2.95. The van der Waals surface area contributed by atoms with Gasteiger partial charge in [-0.3, -0.25) is 9.69 Å². The van der Waals surface area contributed by atoms with E-state index in [0.717, 1.165) is 23.2 Å². The van der Waals surface area contributed by atoms with Gasteiger partial charge in [-0.15, -0.1) is 11.3 Å². The van der Waals surface area contributed by atoms with Gasteiger partial charge in [-0.05, 0) is 47.3 Å². The van der Waals surface area contributed by atoms with Gasteiger partial charge in [-0.2, -0.15) is 0 Å². The van der Waals surface area contributed by atoms with Crippen molar-refractivity contribution in [3.63, 3.8) is 0 Å². The molecule has 5 heteroatoms. The molecule has 3 nitrogen and oxygen atoms in total. The molecular weight excluding hydrogens is 302 g/mol. The number of halogens is 1. The molecule has 2 aliphatic heterocycles. The van der Waals surface area contributed by atoms with Gasteiger partial charge in [0.15, 0.2) is 0 Å². The summed E-state index contributed by atoms with van der Waals surface area (Å²) in [5.74, 6) is -0.758. The Morgan fingerprint density at radius 1 is 1.53 bits per heavy atom. The molecule has 0 amide bonds. The number of carboxylic acid groups (broad SMARTS) is 1. The molecule has 2 fully saturated rings. The Bertz CT molecular complexity index is 447. The summed E-state index contributed by atoms with van der Waals surface area (Å²) < 4.78 is 1.15. The molecule has 0 spiro atoms. The summed E-state index contributed by atoms with van der Waals surface area (Å²) in [5.41, 5.74) is 0. The monoisotopic (exact) mass is 315 g/mol. The van der Waals surface area contributed by atoms with E-state index in [1.807, 2.05) is 0 Å². The molecule has 2 bridgehead atoms. The van der Waals surface area contributed by atoms with Gasteiger partial charge in [0.1, 0.15) is 0 Å². The van der Waals surface area contributed by atoms with E-state index in [9.17, 15) is 9.90 Å². The van der Waals surface area contributed by atoms with Crippen LogP contribution < -0.4 is 0 Å². The lowest BCUT2D eigenvalue weighted by Crippen LogP contribution is -2.32. The number of nitrogens with zero attached hydrogens (tertiary/aromatic N) is 1. The highest BCUT2D eigenvalue weighted by Gasteiger charge is 2.48. The molecule has 2 saturated heterocycles. The van der Waals surface area contributed by atoms with Crippen molar-refractivity contribution in [1.82, 2.24) is 4.90 Å². The Morgan fingerprint density at radius 2 is 2.35 bits per heavy atom. The first kappa shape index (κ1) is 11.7. The summed E-state index contributed by atoms with van der Waals surface area (Å²) >= 11 is 5.21. The predicted octanol–water partition coefficient (Wildman–Crippen LogP) is 2.95. The highest BCUT2D eigenvalue weighted by Crippen LogP contribution is 2.43. The van der Waals surface area contributed by atoms with Gasteiger partial charge in [0.25, 0.3) is 0 Å². The first-order chi connectivity index (χ1) is 8.15. The lowest BCUT2D eigenvalue weighted by molar-refractivity contribution is -0.142. The Morgan fingerprint density at radius 3 is 2.94 bits per heavy atom. The number of aliphatic carboxylic acids is 1. The van der Waals surface area contributed by atoms with Crippen LogP contribution in [0.2, 0.25) is 0 Å². The average molecular weight is 316 g/mol. The predicted molar refractivity (Wildman–Crippen MR) is 70.1 cm³/mol. The van der Waals surface area contributed by atoms with Gasteiger partial charge >= 0.3 is 5.97 Å². The van der Waals surface area contributed by atoms with Crippen LogP contribution in [0.5, 0.6) is 0 Å². The van der Waals surface area contributed by atoms with Crippen molar-refractivity contribution in [1.29, 1.82) is 0 Å². The van der Waals surface area contributed by atoms with Crippen LogP contribution in [0.4, 0.5) is 0 Å². The van der Waals surface area contributed by atoms with Gasteiger partial charge in [0.05, 0.1) is 9.70 Å². The normalized spacial score (nSPS) is 32.2. The molecule has 3 atom stereocenters. The highest BCUT2D eigenvalue weighted by atomic mass is 79.9. The minimum absolute atomic E-state index is 0.142. The van der Waals surface area contributed by atoms with Gasteiger partial charge in [0, 0.05) is 23.5 Å². The molecule has 1 aromatic heterocycles. The fourth-order valence-corrected chi connectivity index (χ4v) is 4.72. The highest BCUT2D eigenvalue weighted by molar-refractivity contribution is 9.11. The Hall–Kier alpha value is -0.390. The second kappa shape index (κ2) is 4.37. The van der Waals surface area contributed by atoms with Crippen LogP contribution in [0, 0.1) is 5.92 Å². The topological polar surface area (TPSA) is 40.5 Å². The zero-order valence-electron chi connectivity index (χ0n) is 9.30. The van der Waals surface area contributed by atoms with E-state index in [1.54, 1.807) is 11.3 Å². The molecule has 3 rings (SSSR count). The lowest BCUT2D eigenvalue weighted by Gasteiger charge is -2.21. The van der Waals surface area contributed by atoms with Gasteiger partial charge in [-0.1, -0.05) is 0 Å². The van der Waals surface area contributed by atoms with Crippen molar-refractivity contribution < 1.29 is 9.90 Å². The number of fused-ring (bicyclic) bond motifs is 2. The lowest BCUT2D eigenvalue weighted by atomic mass is 9.89. The molecule has 0 aromatic carbocycles. The van der Waals surface area contributed by atoms with E-state index in [4.69, 9.17) is 0 Å². The van der Waals surface area contributed by atoms with E-state index in [2.05, 4.69) is 33.0 Å². The zero-order valence-corrected chi connectivity index (χ0v) is 11.7. The number of hydrogen-bond acceptors (Lipinski definition) is 3. The van der Waals surface area contributed by atoms with Crippen molar-refractivity contribution in [2.24, 2.45) is 5.92 Å². The Kier molecular flexibility index (Phi) is 3.00. The molecule has 3 heterocycles. The molecule has 0 radical (unpaired) electrons. The molecule has 0 aliphatic carbocycles. The molecule has 1 N–H and O–H groups in total. The first-order valence-electron chi connectivity index (χ1n) is 5.88.